The smallest absolute Gasteiger partial charge is 0.305 e. The van der Waals surface area contributed by atoms with Crippen LogP contribution in [0.4, 0.5) is 13.2 Å². The number of hydrogen-bond acceptors (Lipinski definition) is 21. The first-order valence-electron chi connectivity index (χ1n) is 45.2. The van der Waals surface area contributed by atoms with Crippen LogP contribution in [0.25, 0.3) is 10.9 Å². The number of aromatic amines is 1. The number of carboxylic acid groups (broad SMARTS) is 1. The summed E-state index contributed by atoms with van der Waals surface area (Å²) in [6, 6.07) is 13.9. The predicted octanol–water partition coefficient (Wildman–Crippen LogP) is 1.47. The fourth-order valence-corrected chi connectivity index (χ4v) is 17.8. The van der Waals surface area contributed by atoms with E-state index >= 15 is 51.9 Å². The summed E-state index contributed by atoms with van der Waals surface area (Å²) in [7, 11) is 3.72. The molecule has 0 unspecified atom stereocenters. The second-order valence-electron chi connectivity index (χ2n) is 34.8. The molecule has 15 amide bonds. The van der Waals surface area contributed by atoms with Gasteiger partial charge in [0.1, 0.15) is 90.0 Å². The molecule has 7 aromatic rings. The Morgan fingerprint density at radius 1 is 0.518 bits per heavy atom. The number of aliphatic hydroxyl groups is 1. The number of unbranched alkanes of at least 4 members (excludes halogenated alkanes) is 1. The number of halogens is 3. The molecule has 37 nitrogen and oxygen atoms in total. The number of hydrogen-bond donors (Lipinski definition) is 16. The maximum absolute atomic E-state index is 15.8. The molecular weight excluding hydrogens is 1800 g/mol. The maximum atomic E-state index is 15.8. The highest BCUT2D eigenvalue weighted by atomic mass is 32.2. The van der Waals surface area contributed by atoms with Crippen molar-refractivity contribution < 1.29 is 110 Å². The lowest BCUT2D eigenvalue weighted by Crippen LogP contribution is -2.62. The summed E-state index contributed by atoms with van der Waals surface area (Å²) in [6.07, 6.45) is -3.36. The molecule has 18 N–H and O–H groups in total. The third kappa shape index (κ3) is 28.8. The molecule has 137 heavy (non-hydrogen) atoms. The molecule has 3 saturated heterocycles. The lowest BCUT2D eigenvalue weighted by atomic mass is 9.98. The van der Waals surface area contributed by atoms with Crippen LogP contribution in [-0.4, -0.2) is 288 Å². The molecule has 0 radical (unpaired) electrons. The fraction of sp³-hybridized carbons (Fsp3) is 0.438. The van der Waals surface area contributed by atoms with Crippen LogP contribution < -0.4 is 59.3 Å². The van der Waals surface area contributed by atoms with Gasteiger partial charge in [-0.05, 0) is 120 Å². The van der Waals surface area contributed by atoms with Gasteiger partial charge in [0.2, 0.25) is 88.6 Å². The highest BCUT2D eigenvalue weighted by molar-refractivity contribution is 8.00. The highest BCUT2D eigenvalue weighted by Gasteiger charge is 2.48. The van der Waals surface area contributed by atoms with E-state index in [-0.39, 0.29) is 94.4 Å². The Labute approximate surface area is 793 Å². The van der Waals surface area contributed by atoms with Crippen molar-refractivity contribution in [2.24, 2.45) is 17.4 Å². The number of thioether (sulfide) groups is 1. The number of aromatic hydroxyl groups is 2. The number of benzene rings is 6. The van der Waals surface area contributed by atoms with Crippen molar-refractivity contribution in [3.05, 3.63) is 203 Å². The minimum absolute atomic E-state index is 0.0106. The topological polar surface area (TPSA) is 546 Å². The van der Waals surface area contributed by atoms with Crippen molar-refractivity contribution in [2.75, 3.05) is 58.8 Å². The van der Waals surface area contributed by atoms with Crippen molar-refractivity contribution in [3.63, 3.8) is 0 Å². The number of nitrogens with two attached hydrogens (primary N) is 2. The summed E-state index contributed by atoms with van der Waals surface area (Å²) < 4.78 is 45.1. The van der Waals surface area contributed by atoms with Gasteiger partial charge in [0, 0.05) is 102 Å². The number of H-pyrrole nitrogens is 1. The van der Waals surface area contributed by atoms with E-state index in [9.17, 15) is 58.4 Å². The minimum Gasteiger partial charge on any atom is -0.508 e. The zero-order valence-corrected chi connectivity index (χ0v) is 77.5. The average Bonchev–Trinajstić information content (AvgIpc) is 1.70. The summed E-state index contributed by atoms with van der Waals surface area (Å²) in [4.78, 5) is 247. The number of rotatable bonds is 24. The zero-order chi connectivity index (χ0) is 99.6. The molecule has 3 aliphatic rings. The number of primary amides is 1. The zero-order valence-electron chi connectivity index (χ0n) is 76.7. The molecule has 0 aliphatic carbocycles. The largest absolute Gasteiger partial charge is 0.508 e. The van der Waals surface area contributed by atoms with E-state index in [1.807, 2.05) is 0 Å². The lowest BCUT2D eigenvalue weighted by molar-refractivity contribution is -0.152. The highest BCUT2D eigenvalue weighted by Crippen LogP contribution is 2.29. The average molecular weight is 1920 g/mol. The van der Waals surface area contributed by atoms with Crippen LogP contribution in [0, 0.1) is 23.4 Å². The van der Waals surface area contributed by atoms with Crippen molar-refractivity contribution in [1.29, 1.82) is 0 Å². The van der Waals surface area contributed by atoms with Gasteiger partial charge in [0.05, 0.1) is 24.8 Å². The van der Waals surface area contributed by atoms with Crippen LogP contribution in [0.1, 0.15) is 112 Å². The third-order valence-electron chi connectivity index (χ3n) is 24.4. The lowest BCUT2D eigenvalue weighted by Gasteiger charge is -2.38. The summed E-state index contributed by atoms with van der Waals surface area (Å²) >= 11 is 0.649. The normalized spacial score (nSPS) is 23.7. The van der Waals surface area contributed by atoms with E-state index in [1.165, 1.54) is 88.4 Å². The number of aromatic nitrogens is 1. The Morgan fingerprint density at radius 2 is 1.03 bits per heavy atom. The molecule has 10 rings (SSSR count). The number of phenolic OH excluding ortho intramolecular Hbond substituents is 2. The van der Waals surface area contributed by atoms with Crippen LogP contribution in [-0.2, 0) is 115 Å². The summed E-state index contributed by atoms with van der Waals surface area (Å²) in [5, 5.41) is 67.0. The van der Waals surface area contributed by atoms with Gasteiger partial charge in [0.15, 0.2) is 17.5 Å². The van der Waals surface area contributed by atoms with Gasteiger partial charge < -0.3 is 109 Å². The Morgan fingerprint density at radius 3 is 1.63 bits per heavy atom. The van der Waals surface area contributed by atoms with E-state index in [2.05, 4.69) is 52.8 Å². The molecule has 734 valence electrons. The molecule has 4 heterocycles. The van der Waals surface area contributed by atoms with E-state index < -0.39 is 253 Å². The Bertz CT molecular complexity index is 5470. The van der Waals surface area contributed by atoms with E-state index in [1.54, 1.807) is 98.0 Å². The first-order chi connectivity index (χ1) is 65.3. The standard InChI is InChI=1S/C96H118F3N17O20S/c1-7-8-26-75-95(135)115-37-18-27-74(115)89(129)108-70(47-81(122)123)88(128)111-83(53(2)3)96(136)113(5)76(43-54-19-11-9-12-20-54)90(130)109-72(41-57-30-34-61(118)35-31-57)93(133)116-50-62(119)46-77(116)91(131)107-69(45-59-48-102-66-24-16-15-23-63(59)66)87(127)106-68(40-56-28-32-60(117)33-29-56)86(126)105-67(25-17-36-100)85(125)110-73(84(124)103-49-79(101)120)51-137-52-80(121)104-71(42-58-38-64(97)82(99)65(98)39-58)92(132)114(6)78(94(134)112(75)4)44-55-21-13-10-14-22-55/h9-16,19-24,28-35,38-39,48,53,62,67-78,83,102,117-119H,7-8,17-18,25-27,36-37,40-47,49-52,100H2,1-6H3,(H2,101,120)(H,103,124)(H,104,121)(H,105,126)(H,106,127)(H,107,131)(H,108,129)(H,109,130)(H,110,125)(H,111,128)(H,122,123)/t62-,67-,68-,69-,70-,71-,72-,73-,74+,75-,76-,77+,78-,83-/m0/s1. The number of carbonyl (C=O) groups is 16. The monoisotopic (exact) mass is 1920 g/mol. The number of nitrogens with zero attached hydrogens (tertiary/aromatic N) is 5. The van der Waals surface area contributed by atoms with E-state index in [4.69, 9.17) is 11.5 Å². The number of aliphatic carboxylic acids is 1. The number of nitrogens with one attached hydrogen (secondary N) is 10. The van der Waals surface area contributed by atoms with Crippen molar-refractivity contribution in [3.8, 4) is 11.5 Å². The quantitative estimate of drug-likeness (QED) is 0.0381. The van der Waals surface area contributed by atoms with Gasteiger partial charge in [0.25, 0.3) is 0 Å². The summed E-state index contributed by atoms with van der Waals surface area (Å²) in [5.74, 6) is -24.6. The number of fused-ring (bicyclic) bond motifs is 3. The number of carboxylic acids is 1. The summed E-state index contributed by atoms with van der Waals surface area (Å²) in [5.41, 5.74) is 13.7. The number of phenols is 2. The molecule has 3 aliphatic heterocycles. The van der Waals surface area contributed by atoms with Gasteiger partial charge in [-0.3, -0.25) is 76.7 Å². The molecule has 3 fully saturated rings. The second-order valence-corrected chi connectivity index (χ2v) is 35.9. The third-order valence-corrected chi connectivity index (χ3v) is 25.4. The molecule has 1 aromatic heterocycles. The van der Waals surface area contributed by atoms with Crippen LogP contribution in [0.2, 0.25) is 0 Å². The number of aliphatic hydroxyl groups excluding tert-OH is 1. The molecular formula is C96H118F3N17O20S. The molecule has 0 bridgehead atoms. The minimum atomic E-state index is -1.97. The first-order valence-corrected chi connectivity index (χ1v) is 46.4. The van der Waals surface area contributed by atoms with Gasteiger partial charge in [-0.2, -0.15) is 0 Å². The summed E-state index contributed by atoms with van der Waals surface area (Å²) in [6.45, 7) is 3.34. The van der Waals surface area contributed by atoms with Crippen LogP contribution >= 0.6 is 11.8 Å². The van der Waals surface area contributed by atoms with E-state index in [0.29, 0.717) is 69.0 Å². The first kappa shape index (κ1) is 105. The molecule has 41 heteroatoms. The SMILES string of the molecule is CCCC[C@H]1C(=O)N2CCC[C@@H]2C(=O)N[C@@H](CC(=O)O)C(=O)N[C@@H](C(C)C)C(=O)N(C)[C@@H](Cc2ccccc2)C(=O)N[C@@H](Cc2ccc(O)cc2)C(=O)N2C[C@@H](O)C[C@@H]2C(=O)N[C@@H](Cc2c[nH]c3ccccc23)C(=O)N[C@@H](Cc2ccc(O)cc2)C(=O)N[C@@H](CCCN)C(=O)N[C@H](C(=O)NCC(N)=O)CSCC(=O)N[C@@H](Cc2cc(F)c(F)c(F)c2)C(=O)N(C)[C@@H](Cc2ccccc2)C(=O)N1C. The van der Waals surface area contributed by atoms with Crippen molar-refractivity contribution >= 4 is 117 Å². The second kappa shape index (κ2) is 49.5. The Balaban J connectivity index is 1.06. The molecule has 0 saturated carbocycles. The van der Waals surface area contributed by atoms with Crippen molar-refractivity contribution in [2.45, 2.75) is 202 Å². The van der Waals surface area contributed by atoms with Crippen LogP contribution in [0.3, 0.4) is 0 Å². The van der Waals surface area contributed by atoms with Gasteiger partial charge in [-0.1, -0.05) is 137 Å². The van der Waals surface area contributed by atoms with Gasteiger partial charge in [-0.15, -0.1) is 11.8 Å². The molecule has 6 aromatic carbocycles. The van der Waals surface area contributed by atoms with Gasteiger partial charge >= 0.3 is 5.97 Å². The Hall–Kier alpha value is -14.0. The fourth-order valence-electron chi connectivity index (χ4n) is 16.9. The van der Waals surface area contributed by atoms with E-state index in [0.717, 1.165) is 19.6 Å². The Kier molecular flexibility index (Phi) is 38.0. The number of carbonyl (C=O) groups excluding carboxylic acids is 15. The van der Waals surface area contributed by atoms with Gasteiger partial charge in [-0.25, -0.2) is 13.2 Å². The number of amides is 15. The molecule has 0 spiro atoms. The predicted molar refractivity (Wildman–Crippen MR) is 496 cm³/mol. The van der Waals surface area contributed by atoms with Crippen molar-refractivity contribution in [1.82, 2.24) is 77.3 Å². The van der Waals surface area contributed by atoms with Crippen LogP contribution in [0.15, 0.2) is 152 Å². The number of para-hydroxylation sites is 1. The maximum Gasteiger partial charge on any atom is 0.305 e. The van der Waals surface area contributed by atoms with Crippen LogP contribution in [0.5, 0.6) is 11.5 Å². The number of likely N-dealkylation sites (N-methyl/N-ethyl adjacent to an activating group) is 3. The molecule has 14 atom stereocenters.